The summed E-state index contributed by atoms with van der Waals surface area (Å²) in [6.45, 7) is 12.9. The molecule has 1 aromatic rings. The van der Waals surface area contributed by atoms with Crippen molar-refractivity contribution in [3.63, 3.8) is 0 Å². The minimum Gasteiger partial charge on any atom is -0.317 e. The molecule has 1 aliphatic heterocycles. The van der Waals surface area contributed by atoms with E-state index in [0.29, 0.717) is 5.92 Å². The minimum atomic E-state index is 0.601. The molecule has 0 radical (unpaired) electrons. The molecule has 0 aliphatic carbocycles. The largest absolute Gasteiger partial charge is 0.317 e. The third kappa shape index (κ3) is 5.18. The van der Waals surface area contributed by atoms with E-state index in [1.807, 2.05) is 6.92 Å². The highest BCUT2D eigenvalue weighted by Gasteiger charge is 1.99. The summed E-state index contributed by atoms with van der Waals surface area (Å²) in [6.07, 6.45) is 2.78. The summed E-state index contributed by atoms with van der Waals surface area (Å²) >= 11 is 0. The van der Waals surface area contributed by atoms with E-state index >= 15 is 0 Å². The molecule has 1 heteroatoms. The zero-order chi connectivity index (χ0) is 12.7. The van der Waals surface area contributed by atoms with Crippen LogP contribution in [0.5, 0.6) is 0 Å². The fourth-order valence-electron chi connectivity index (χ4n) is 1.79. The second-order valence-electron chi connectivity index (χ2n) is 5.02. The quantitative estimate of drug-likeness (QED) is 0.804. The molecule has 1 saturated heterocycles. The van der Waals surface area contributed by atoms with Gasteiger partial charge in [0.25, 0.3) is 0 Å². The third-order valence-electron chi connectivity index (χ3n) is 3.00. The van der Waals surface area contributed by atoms with Gasteiger partial charge < -0.3 is 5.32 Å². The summed E-state index contributed by atoms with van der Waals surface area (Å²) in [7, 11) is 0. The van der Waals surface area contributed by atoms with Crippen molar-refractivity contribution in [3.05, 3.63) is 42.0 Å². The molecule has 1 N–H and O–H groups in total. The predicted molar refractivity (Wildman–Crippen MR) is 77.3 cm³/mol. The highest BCUT2D eigenvalue weighted by Crippen LogP contribution is 2.19. The van der Waals surface area contributed by atoms with Gasteiger partial charge in [0.1, 0.15) is 0 Å². The fraction of sp³-hybridized carbons (Fsp3) is 0.500. The zero-order valence-electron chi connectivity index (χ0n) is 11.4. The molecule has 1 aliphatic rings. The normalized spacial score (nSPS) is 14.4. The maximum Gasteiger partial charge on any atom is -0.00484 e. The van der Waals surface area contributed by atoms with E-state index in [9.17, 15) is 0 Å². The van der Waals surface area contributed by atoms with Gasteiger partial charge in [-0.05, 0) is 49.9 Å². The van der Waals surface area contributed by atoms with Crippen molar-refractivity contribution in [1.82, 2.24) is 5.32 Å². The van der Waals surface area contributed by atoms with Gasteiger partial charge in [-0.15, -0.1) is 0 Å². The average Bonchev–Trinajstić information content (AvgIpc) is 2.87. The lowest BCUT2D eigenvalue weighted by atomic mass is 9.99. The van der Waals surface area contributed by atoms with Gasteiger partial charge in [0, 0.05) is 0 Å². The van der Waals surface area contributed by atoms with Gasteiger partial charge in [0.15, 0.2) is 0 Å². The summed E-state index contributed by atoms with van der Waals surface area (Å²) in [6, 6.07) is 8.58. The van der Waals surface area contributed by atoms with Crippen LogP contribution in [0, 0.1) is 0 Å². The lowest BCUT2D eigenvalue weighted by Crippen LogP contribution is -2.03. The third-order valence-corrected chi connectivity index (χ3v) is 3.00. The molecule has 0 bridgehead atoms. The van der Waals surface area contributed by atoms with Gasteiger partial charge in [0.2, 0.25) is 0 Å². The summed E-state index contributed by atoms with van der Waals surface area (Å²) in [4.78, 5) is 0. The first-order valence-corrected chi connectivity index (χ1v) is 6.58. The Morgan fingerprint density at radius 3 is 2.29 bits per heavy atom. The van der Waals surface area contributed by atoms with Crippen molar-refractivity contribution in [1.29, 1.82) is 0 Å². The van der Waals surface area contributed by atoms with Gasteiger partial charge in [-0.2, -0.15) is 0 Å². The topological polar surface area (TPSA) is 12.0 Å². The molecule has 1 nitrogen and oxygen atoms in total. The molecule has 1 heterocycles. The Morgan fingerprint density at radius 2 is 1.88 bits per heavy atom. The Hall–Kier alpha value is -1.08. The van der Waals surface area contributed by atoms with Crippen LogP contribution in [0.4, 0.5) is 0 Å². The van der Waals surface area contributed by atoms with Gasteiger partial charge in [-0.1, -0.05) is 50.3 Å². The van der Waals surface area contributed by atoms with Gasteiger partial charge in [0.05, 0.1) is 0 Å². The molecule has 0 saturated carbocycles. The van der Waals surface area contributed by atoms with Crippen molar-refractivity contribution in [2.45, 2.75) is 39.5 Å². The van der Waals surface area contributed by atoms with E-state index in [4.69, 9.17) is 0 Å². The molecule has 1 aromatic carbocycles. The van der Waals surface area contributed by atoms with Crippen molar-refractivity contribution < 1.29 is 0 Å². The van der Waals surface area contributed by atoms with E-state index in [1.54, 1.807) is 0 Å². The van der Waals surface area contributed by atoms with Crippen molar-refractivity contribution >= 4 is 5.57 Å². The Balaban J connectivity index is 0.000000239. The molecule has 2 rings (SSSR count). The zero-order valence-corrected chi connectivity index (χ0v) is 11.4. The van der Waals surface area contributed by atoms with Crippen LogP contribution in [0.15, 0.2) is 30.8 Å². The molecule has 0 aromatic heterocycles. The molecule has 0 atom stereocenters. The monoisotopic (exact) mass is 231 g/mol. The van der Waals surface area contributed by atoms with Gasteiger partial charge >= 0.3 is 0 Å². The number of allylic oxidation sites excluding steroid dienone is 1. The average molecular weight is 231 g/mol. The Morgan fingerprint density at radius 1 is 1.24 bits per heavy atom. The van der Waals surface area contributed by atoms with Crippen molar-refractivity contribution in [2.24, 2.45) is 0 Å². The van der Waals surface area contributed by atoms with E-state index in [0.717, 1.165) is 5.57 Å². The molecule has 0 spiro atoms. The molecule has 0 unspecified atom stereocenters. The Bertz CT molecular complexity index is 341. The fourth-order valence-corrected chi connectivity index (χ4v) is 1.79. The summed E-state index contributed by atoms with van der Waals surface area (Å²) < 4.78 is 0. The van der Waals surface area contributed by atoms with Crippen LogP contribution in [0.3, 0.4) is 0 Å². The second-order valence-corrected chi connectivity index (χ2v) is 5.02. The number of hydrogen-bond acceptors (Lipinski definition) is 1. The van der Waals surface area contributed by atoms with Crippen LogP contribution in [-0.2, 0) is 0 Å². The van der Waals surface area contributed by atoms with E-state index in [-0.39, 0.29) is 0 Å². The van der Waals surface area contributed by atoms with Crippen LogP contribution in [0.25, 0.3) is 5.57 Å². The Labute approximate surface area is 106 Å². The standard InChI is InChI=1S/C12H16.C4H9N/c1-9(2)11-6-5-7-12(8-11)10(3)4;1-2-4-5-3-1/h5-8,10H,1H2,2-4H3;5H,1-4H2. The van der Waals surface area contributed by atoms with Gasteiger partial charge in [-0.25, -0.2) is 0 Å². The molecule has 17 heavy (non-hydrogen) atoms. The van der Waals surface area contributed by atoms with Crippen LogP contribution < -0.4 is 5.32 Å². The summed E-state index contributed by atoms with van der Waals surface area (Å²) in [5.41, 5.74) is 3.77. The first-order chi connectivity index (χ1) is 8.11. The van der Waals surface area contributed by atoms with Crippen LogP contribution in [0.1, 0.15) is 50.7 Å². The maximum absolute atomic E-state index is 3.93. The molecule has 0 amide bonds. The number of rotatable bonds is 2. The van der Waals surface area contributed by atoms with Crippen LogP contribution >= 0.6 is 0 Å². The van der Waals surface area contributed by atoms with Gasteiger partial charge in [-0.3, -0.25) is 0 Å². The molecule has 1 fully saturated rings. The van der Waals surface area contributed by atoms with E-state index in [2.05, 4.69) is 50.0 Å². The Kier molecular flexibility index (Phi) is 5.99. The smallest absolute Gasteiger partial charge is 0.00484 e. The predicted octanol–water partition coefficient (Wildman–Crippen LogP) is 4.21. The maximum atomic E-state index is 3.93. The van der Waals surface area contributed by atoms with Crippen molar-refractivity contribution in [2.75, 3.05) is 13.1 Å². The van der Waals surface area contributed by atoms with Crippen LogP contribution in [-0.4, -0.2) is 13.1 Å². The molecular formula is C16H25N. The highest BCUT2D eigenvalue weighted by atomic mass is 14.9. The summed E-state index contributed by atoms with van der Waals surface area (Å²) in [5.74, 6) is 0.601. The second kappa shape index (κ2) is 7.29. The molecular weight excluding hydrogens is 206 g/mol. The first-order valence-electron chi connectivity index (χ1n) is 6.58. The lowest BCUT2D eigenvalue weighted by molar-refractivity contribution is 0.857. The summed E-state index contributed by atoms with van der Waals surface area (Å²) in [5, 5.41) is 3.22. The lowest BCUT2D eigenvalue weighted by Gasteiger charge is -2.07. The molecule has 94 valence electrons. The van der Waals surface area contributed by atoms with E-state index in [1.165, 1.54) is 37.1 Å². The number of nitrogens with one attached hydrogen (secondary N) is 1. The highest BCUT2D eigenvalue weighted by molar-refractivity contribution is 5.61. The number of benzene rings is 1. The SMILES string of the molecule is C1CCNC1.C=C(C)c1cccc(C(C)C)c1. The van der Waals surface area contributed by atoms with E-state index < -0.39 is 0 Å². The minimum absolute atomic E-state index is 0.601. The first kappa shape index (κ1) is 14.0. The van der Waals surface area contributed by atoms with Crippen molar-refractivity contribution in [3.8, 4) is 0 Å². The number of hydrogen-bond donors (Lipinski definition) is 1. The van der Waals surface area contributed by atoms with Crippen LogP contribution in [0.2, 0.25) is 0 Å².